The van der Waals surface area contributed by atoms with Crippen molar-refractivity contribution in [3.05, 3.63) is 40.5 Å². The van der Waals surface area contributed by atoms with E-state index in [1.165, 1.54) is 0 Å². The molecule has 15 heavy (non-hydrogen) atoms. The Hall–Kier alpha value is -1.46. The van der Waals surface area contributed by atoms with Crippen LogP contribution < -0.4 is 11.5 Å². The van der Waals surface area contributed by atoms with Crippen molar-refractivity contribution in [3.63, 3.8) is 0 Å². The molecule has 2 aromatic heterocycles. The summed E-state index contributed by atoms with van der Waals surface area (Å²) in [6, 6.07) is 3.76. The fraction of sp³-hybridized carbons (Fsp3) is 0.200. The molecule has 2 rings (SSSR count). The second kappa shape index (κ2) is 4.37. The number of rotatable bonds is 3. The van der Waals surface area contributed by atoms with E-state index in [0.717, 1.165) is 10.4 Å². The van der Waals surface area contributed by atoms with E-state index >= 15 is 0 Å². The Morgan fingerprint density at radius 1 is 1.47 bits per heavy atom. The summed E-state index contributed by atoms with van der Waals surface area (Å²) in [5, 5.41) is 0. The van der Waals surface area contributed by atoms with Crippen molar-refractivity contribution in [1.29, 1.82) is 0 Å². The molecular weight excluding hydrogens is 208 g/mol. The Kier molecular flexibility index (Phi) is 2.94. The van der Waals surface area contributed by atoms with Crippen LogP contribution in [0.25, 0.3) is 0 Å². The third kappa shape index (κ3) is 2.31. The van der Waals surface area contributed by atoms with Crippen molar-refractivity contribution >= 4 is 17.2 Å². The molecule has 0 aliphatic heterocycles. The van der Waals surface area contributed by atoms with Crippen molar-refractivity contribution in [2.45, 2.75) is 12.5 Å². The van der Waals surface area contributed by atoms with Gasteiger partial charge in [0.1, 0.15) is 5.82 Å². The number of nitrogens with two attached hydrogens (primary N) is 2. The second-order valence-corrected chi connectivity index (χ2v) is 4.18. The Morgan fingerprint density at radius 3 is 3.00 bits per heavy atom. The monoisotopic (exact) mass is 220 g/mol. The third-order valence-electron chi connectivity index (χ3n) is 2.18. The molecular formula is C10H12N4S. The minimum absolute atomic E-state index is 0.0519. The Bertz CT molecular complexity index is 427. The molecule has 0 amide bonds. The predicted molar refractivity (Wildman–Crippen MR) is 61.4 cm³/mol. The third-order valence-corrected chi connectivity index (χ3v) is 3.09. The molecule has 2 aromatic rings. The summed E-state index contributed by atoms with van der Waals surface area (Å²) >= 11 is 1.56. The van der Waals surface area contributed by atoms with E-state index in [4.69, 9.17) is 11.5 Å². The van der Waals surface area contributed by atoms with E-state index in [0.29, 0.717) is 12.2 Å². The highest BCUT2D eigenvalue weighted by Gasteiger charge is 2.10. The number of pyridine rings is 1. The average molecular weight is 220 g/mol. The second-order valence-electron chi connectivity index (χ2n) is 3.26. The average Bonchev–Trinajstić information content (AvgIpc) is 2.74. The molecule has 1 atom stereocenters. The van der Waals surface area contributed by atoms with Crippen LogP contribution in [0.3, 0.4) is 0 Å². The summed E-state index contributed by atoms with van der Waals surface area (Å²) in [6.07, 6.45) is 4.17. The van der Waals surface area contributed by atoms with Crippen molar-refractivity contribution < 1.29 is 0 Å². The molecule has 0 aliphatic carbocycles. The Balaban J connectivity index is 2.13. The van der Waals surface area contributed by atoms with Gasteiger partial charge in [-0.1, -0.05) is 6.07 Å². The maximum atomic E-state index is 6.03. The van der Waals surface area contributed by atoms with Crippen molar-refractivity contribution in [2.75, 3.05) is 5.73 Å². The molecule has 0 aliphatic rings. The van der Waals surface area contributed by atoms with E-state index in [9.17, 15) is 0 Å². The van der Waals surface area contributed by atoms with Crippen molar-refractivity contribution in [3.8, 4) is 0 Å². The van der Waals surface area contributed by atoms with E-state index in [-0.39, 0.29) is 6.04 Å². The summed E-state index contributed by atoms with van der Waals surface area (Å²) in [7, 11) is 0. The van der Waals surface area contributed by atoms with Crippen molar-refractivity contribution in [1.82, 2.24) is 9.97 Å². The van der Waals surface area contributed by atoms with Gasteiger partial charge in [0.2, 0.25) is 0 Å². The molecule has 78 valence electrons. The summed E-state index contributed by atoms with van der Waals surface area (Å²) < 4.78 is 0. The molecule has 0 aromatic carbocycles. The van der Waals surface area contributed by atoms with Gasteiger partial charge in [-0.3, -0.25) is 4.98 Å². The summed E-state index contributed by atoms with van der Waals surface area (Å²) in [5.41, 5.74) is 14.5. The number of nitrogen functional groups attached to an aromatic ring is 1. The van der Waals surface area contributed by atoms with Crippen LogP contribution in [0.5, 0.6) is 0 Å². The summed E-state index contributed by atoms with van der Waals surface area (Å²) in [6.45, 7) is 0. The van der Waals surface area contributed by atoms with Gasteiger partial charge in [0, 0.05) is 23.3 Å². The highest BCUT2D eigenvalue weighted by Crippen LogP contribution is 2.20. The zero-order valence-corrected chi connectivity index (χ0v) is 8.95. The molecule has 0 saturated carbocycles. The van der Waals surface area contributed by atoms with E-state index in [2.05, 4.69) is 9.97 Å². The van der Waals surface area contributed by atoms with E-state index in [1.54, 1.807) is 29.2 Å². The molecule has 0 fully saturated rings. The number of hydrogen-bond acceptors (Lipinski definition) is 5. The van der Waals surface area contributed by atoms with Gasteiger partial charge in [0.25, 0.3) is 0 Å². The fourth-order valence-electron chi connectivity index (χ4n) is 1.37. The van der Waals surface area contributed by atoms with Gasteiger partial charge in [-0.05, 0) is 18.1 Å². The molecule has 4 N–H and O–H groups in total. The van der Waals surface area contributed by atoms with E-state index in [1.807, 2.05) is 12.1 Å². The quantitative estimate of drug-likeness (QED) is 0.818. The largest absolute Gasteiger partial charge is 0.383 e. The van der Waals surface area contributed by atoms with Gasteiger partial charge in [0.15, 0.2) is 0 Å². The lowest BCUT2D eigenvalue weighted by molar-refractivity contribution is 0.734. The number of aromatic nitrogens is 2. The SMILES string of the molecule is Nc1ncccc1CC(N)c1cncs1. The van der Waals surface area contributed by atoms with Crippen LogP contribution in [0.1, 0.15) is 16.5 Å². The van der Waals surface area contributed by atoms with Crippen LogP contribution in [-0.2, 0) is 6.42 Å². The zero-order chi connectivity index (χ0) is 10.7. The predicted octanol–water partition coefficient (Wildman–Crippen LogP) is 1.36. The van der Waals surface area contributed by atoms with E-state index < -0.39 is 0 Å². The first-order valence-corrected chi connectivity index (χ1v) is 5.48. The molecule has 1 unspecified atom stereocenters. The minimum Gasteiger partial charge on any atom is -0.383 e. The van der Waals surface area contributed by atoms with Gasteiger partial charge in [-0.15, -0.1) is 11.3 Å². The molecule has 0 spiro atoms. The number of thiazole rings is 1. The minimum atomic E-state index is -0.0519. The molecule has 4 nitrogen and oxygen atoms in total. The van der Waals surface area contributed by atoms with Crippen LogP contribution in [0, 0.1) is 0 Å². The first kappa shape index (κ1) is 10.1. The van der Waals surface area contributed by atoms with Crippen LogP contribution in [0.2, 0.25) is 0 Å². The Morgan fingerprint density at radius 2 is 2.33 bits per heavy atom. The number of nitrogens with zero attached hydrogens (tertiary/aromatic N) is 2. The summed E-state index contributed by atoms with van der Waals surface area (Å²) in [4.78, 5) is 9.09. The van der Waals surface area contributed by atoms with Crippen LogP contribution in [0.4, 0.5) is 5.82 Å². The topological polar surface area (TPSA) is 77.8 Å². The molecule has 5 heteroatoms. The zero-order valence-electron chi connectivity index (χ0n) is 8.13. The maximum Gasteiger partial charge on any atom is 0.126 e. The smallest absolute Gasteiger partial charge is 0.126 e. The van der Waals surface area contributed by atoms with Gasteiger partial charge >= 0.3 is 0 Å². The molecule has 0 bridgehead atoms. The number of anilines is 1. The van der Waals surface area contributed by atoms with Crippen LogP contribution >= 0.6 is 11.3 Å². The van der Waals surface area contributed by atoms with Crippen LogP contribution in [0.15, 0.2) is 30.0 Å². The number of hydrogen-bond donors (Lipinski definition) is 2. The summed E-state index contributed by atoms with van der Waals surface area (Å²) in [5.74, 6) is 0.553. The standard InChI is InChI=1S/C10H12N4S/c11-8(9-5-13-6-15-9)4-7-2-1-3-14-10(7)12/h1-3,5-6,8H,4,11H2,(H2,12,14). The van der Waals surface area contributed by atoms with Crippen LogP contribution in [-0.4, -0.2) is 9.97 Å². The Labute approximate surface area is 92.0 Å². The lowest BCUT2D eigenvalue weighted by Crippen LogP contribution is -2.13. The molecule has 0 saturated heterocycles. The van der Waals surface area contributed by atoms with Gasteiger partial charge in [-0.25, -0.2) is 4.98 Å². The fourth-order valence-corrected chi connectivity index (χ4v) is 1.99. The highest BCUT2D eigenvalue weighted by atomic mass is 32.1. The molecule has 0 radical (unpaired) electrons. The lowest BCUT2D eigenvalue weighted by atomic mass is 10.1. The van der Waals surface area contributed by atoms with Gasteiger partial charge in [-0.2, -0.15) is 0 Å². The normalized spacial score (nSPS) is 12.6. The van der Waals surface area contributed by atoms with Gasteiger partial charge in [0.05, 0.1) is 5.51 Å². The lowest BCUT2D eigenvalue weighted by Gasteiger charge is -2.10. The highest BCUT2D eigenvalue weighted by molar-refractivity contribution is 7.09. The first-order chi connectivity index (χ1) is 7.27. The van der Waals surface area contributed by atoms with Crippen molar-refractivity contribution in [2.24, 2.45) is 5.73 Å². The molecule has 2 heterocycles. The first-order valence-electron chi connectivity index (χ1n) is 4.60. The van der Waals surface area contributed by atoms with Gasteiger partial charge < -0.3 is 11.5 Å². The maximum absolute atomic E-state index is 6.03.